The quantitative estimate of drug-likeness (QED) is 0.825. The van der Waals surface area contributed by atoms with Gasteiger partial charge >= 0.3 is 0 Å². The van der Waals surface area contributed by atoms with Crippen LogP contribution in [-0.4, -0.2) is 41.5 Å². The summed E-state index contributed by atoms with van der Waals surface area (Å²) in [5, 5.41) is 0. The van der Waals surface area contributed by atoms with Crippen molar-refractivity contribution < 1.29 is 0 Å². The fourth-order valence-corrected chi connectivity index (χ4v) is 3.76. The molecule has 0 atom stereocenters. The van der Waals surface area contributed by atoms with E-state index in [2.05, 4.69) is 74.8 Å². The van der Waals surface area contributed by atoms with Gasteiger partial charge in [0.1, 0.15) is 0 Å². The second-order valence-corrected chi connectivity index (χ2v) is 8.30. The predicted molar refractivity (Wildman–Crippen MR) is 91.4 cm³/mol. The van der Waals surface area contributed by atoms with Crippen LogP contribution in [0.1, 0.15) is 46.6 Å². The SMILES string of the molecule is CC(C)(C)CC(C)(C)N1CCN(Cc2ccccc2)CC1. The van der Waals surface area contributed by atoms with E-state index in [1.54, 1.807) is 0 Å². The molecule has 118 valence electrons. The number of nitrogens with zero attached hydrogens (tertiary/aromatic N) is 2. The van der Waals surface area contributed by atoms with Crippen molar-refractivity contribution in [3.63, 3.8) is 0 Å². The molecule has 1 aliphatic rings. The maximum absolute atomic E-state index is 2.68. The number of hydrogen-bond donors (Lipinski definition) is 0. The summed E-state index contributed by atoms with van der Waals surface area (Å²) in [6.45, 7) is 17.7. The third-order valence-electron chi connectivity index (χ3n) is 4.44. The van der Waals surface area contributed by atoms with Crippen molar-refractivity contribution in [1.29, 1.82) is 0 Å². The van der Waals surface area contributed by atoms with Crippen LogP contribution >= 0.6 is 0 Å². The highest BCUT2D eigenvalue weighted by atomic mass is 15.3. The maximum Gasteiger partial charge on any atom is 0.0234 e. The minimum absolute atomic E-state index is 0.303. The van der Waals surface area contributed by atoms with Gasteiger partial charge < -0.3 is 0 Å². The summed E-state index contributed by atoms with van der Waals surface area (Å²) >= 11 is 0. The first-order chi connectivity index (χ1) is 9.76. The first kappa shape index (κ1) is 16.5. The lowest BCUT2D eigenvalue weighted by molar-refractivity contribution is 0.0262. The van der Waals surface area contributed by atoms with Crippen LogP contribution in [0.5, 0.6) is 0 Å². The topological polar surface area (TPSA) is 6.48 Å². The van der Waals surface area contributed by atoms with Gasteiger partial charge in [0.15, 0.2) is 0 Å². The molecule has 1 saturated heterocycles. The Balaban J connectivity index is 1.85. The zero-order valence-corrected chi connectivity index (χ0v) is 14.5. The Morgan fingerprint density at radius 2 is 1.43 bits per heavy atom. The summed E-state index contributed by atoms with van der Waals surface area (Å²) < 4.78 is 0. The van der Waals surface area contributed by atoms with Crippen LogP contribution in [0.15, 0.2) is 30.3 Å². The normalized spacial score (nSPS) is 18.9. The number of hydrogen-bond acceptors (Lipinski definition) is 2. The average molecular weight is 288 g/mol. The lowest BCUT2D eigenvalue weighted by atomic mass is 9.80. The Morgan fingerprint density at radius 3 is 1.95 bits per heavy atom. The highest BCUT2D eigenvalue weighted by Crippen LogP contribution is 2.31. The molecule has 0 N–H and O–H groups in total. The third kappa shape index (κ3) is 5.12. The minimum Gasteiger partial charge on any atom is -0.297 e. The molecule has 1 aromatic rings. The van der Waals surface area contributed by atoms with Crippen LogP contribution in [-0.2, 0) is 6.54 Å². The summed E-state index contributed by atoms with van der Waals surface area (Å²) in [6, 6.07) is 10.8. The van der Waals surface area contributed by atoms with E-state index in [1.807, 2.05) is 0 Å². The molecule has 0 spiro atoms. The molecule has 1 heterocycles. The second kappa shape index (κ2) is 6.50. The van der Waals surface area contributed by atoms with Crippen molar-refractivity contribution in [2.45, 2.75) is 53.1 Å². The monoisotopic (exact) mass is 288 g/mol. The molecule has 0 amide bonds. The largest absolute Gasteiger partial charge is 0.297 e. The van der Waals surface area contributed by atoms with E-state index in [4.69, 9.17) is 0 Å². The van der Waals surface area contributed by atoms with Gasteiger partial charge in [0.05, 0.1) is 0 Å². The van der Waals surface area contributed by atoms with Crippen molar-refractivity contribution in [2.75, 3.05) is 26.2 Å². The van der Waals surface area contributed by atoms with Crippen LogP contribution in [0, 0.1) is 5.41 Å². The van der Waals surface area contributed by atoms with E-state index in [0.717, 1.165) is 6.54 Å². The fourth-order valence-electron chi connectivity index (χ4n) is 3.76. The van der Waals surface area contributed by atoms with E-state index >= 15 is 0 Å². The number of piperazine rings is 1. The number of benzene rings is 1. The van der Waals surface area contributed by atoms with Crippen LogP contribution < -0.4 is 0 Å². The first-order valence-electron chi connectivity index (χ1n) is 8.28. The van der Waals surface area contributed by atoms with Crippen molar-refractivity contribution >= 4 is 0 Å². The molecule has 0 saturated carbocycles. The summed E-state index contributed by atoms with van der Waals surface area (Å²) in [6.07, 6.45) is 1.25. The van der Waals surface area contributed by atoms with E-state index in [-0.39, 0.29) is 0 Å². The molecule has 2 heteroatoms. The van der Waals surface area contributed by atoms with Crippen LogP contribution in [0.4, 0.5) is 0 Å². The summed E-state index contributed by atoms with van der Waals surface area (Å²) in [7, 11) is 0. The molecule has 0 bridgehead atoms. The van der Waals surface area contributed by atoms with Gasteiger partial charge in [-0.25, -0.2) is 0 Å². The summed E-state index contributed by atoms with van der Waals surface area (Å²) in [5.74, 6) is 0. The standard InChI is InChI=1S/C19H32N2/c1-18(2,3)16-19(4,5)21-13-11-20(12-14-21)15-17-9-7-6-8-10-17/h6-10H,11-16H2,1-5H3. The lowest BCUT2D eigenvalue weighted by Gasteiger charge is -2.46. The minimum atomic E-state index is 0.303. The maximum atomic E-state index is 2.68. The van der Waals surface area contributed by atoms with Crippen molar-refractivity contribution in [3.8, 4) is 0 Å². The predicted octanol–water partition coefficient (Wildman–Crippen LogP) is 4.02. The fraction of sp³-hybridized carbons (Fsp3) is 0.684. The van der Waals surface area contributed by atoms with Gasteiger partial charge in [-0.15, -0.1) is 0 Å². The van der Waals surface area contributed by atoms with Crippen LogP contribution in [0.3, 0.4) is 0 Å². The summed E-state index contributed by atoms with van der Waals surface area (Å²) in [5.41, 5.74) is 2.13. The van der Waals surface area contributed by atoms with E-state index in [1.165, 1.54) is 38.2 Å². The van der Waals surface area contributed by atoms with Gasteiger partial charge in [0, 0.05) is 38.3 Å². The molecule has 0 aromatic heterocycles. The second-order valence-electron chi connectivity index (χ2n) is 8.30. The van der Waals surface area contributed by atoms with Crippen LogP contribution in [0.2, 0.25) is 0 Å². The summed E-state index contributed by atoms with van der Waals surface area (Å²) in [4.78, 5) is 5.26. The molecule has 0 radical (unpaired) electrons. The Labute approximate surface area is 131 Å². The highest BCUT2D eigenvalue weighted by molar-refractivity contribution is 5.14. The Hall–Kier alpha value is -0.860. The molecule has 2 rings (SSSR count). The van der Waals surface area contributed by atoms with E-state index in [0.29, 0.717) is 11.0 Å². The Kier molecular flexibility index (Phi) is 5.11. The van der Waals surface area contributed by atoms with Gasteiger partial charge in [-0.1, -0.05) is 51.1 Å². The highest BCUT2D eigenvalue weighted by Gasteiger charge is 2.33. The van der Waals surface area contributed by atoms with Gasteiger partial charge in [-0.2, -0.15) is 0 Å². The molecule has 0 unspecified atom stereocenters. The van der Waals surface area contributed by atoms with Crippen LogP contribution in [0.25, 0.3) is 0 Å². The molecular formula is C19H32N2. The zero-order valence-electron chi connectivity index (χ0n) is 14.5. The molecule has 21 heavy (non-hydrogen) atoms. The van der Waals surface area contributed by atoms with Gasteiger partial charge in [-0.05, 0) is 31.2 Å². The first-order valence-corrected chi connectivity index (χ1v) is 8.28. The average Bonchev–Trinajstić information content (AvgIpc) is 2.38. The van der Waals surface area contributed by atoms with Crippen molar-refractivity contribution in [3.05, 3.63) is 35.9 Å². The van der Waals surface area contributed by atoms with Crippen molar-refractivity contribution in [1.82, 2.24) is 9.80 Å². The van der Waals surface area contributed by atoms with Crippen molar-refractivity contribution in [2.24, 2.45) is 5.41 Å². The third-order valence-corrected chi connectivity index (χ3v) is 4.44. The van der Waals surface area contributed by atoms with Gasteiger partial charge in [-0.3, -0.25) is 9.80 Å². The Morgan fingerprint density at radius 1 is 0.857 bits per heavy atom. The molecule has 2 nitrogen and oxygen atoms in total. The van der Waals surface area contributed by atoms with Gasteiger partial charge in [0.2, 0.25) is 0 Å². The number of rotatable bonds is 4. The smallest absolute Gasteiger partial charge is 0.0234 e. The zero-order chi connectivity index (χ0) is 15.5. The van der Waals surface area contributed by atoms with E-state index < -0.39 is 0 Å². The molecule has 1 aromatic carbocycles. The van der Waals surface area contributed by atoms with E-state index in [9.17, 15) is 0 Å². The van der Waals surface area contributed by atoms with Gasteiger partial charge in [0.25, 0.3) is 0 Å². The molecule has 0 aliphatic carbocycles. The Bertz CT molecular complexity index is 423. The lowest BCUT2D eigenvalue weighted by Crippen LogP contribution is -2.55. The molecule has 1 fully saturated rings. The molecular weight excluding hydrogens is 256 g/mol. The molecule has 1 aliphatic heterocycles.